The molecule has 6 rings (SSSR count). The zero-order chi connectivity index (χ0) is 28.2. The lowest BCUT2D eigenvalue weighted by molar-refractivity contribution is 0.00503. The minimum atomic E-state index is -0.206. The second-order valence-corrected chi connectivity index (χ2v) is 10.9. The molecule has 2 N–H and O–H groups in total. The zero-order valence-corrected chi connectivity index (χ0v) is 23.6. The fourth-order valence-corrected chi connectivity index (χ4v) is 5.67. The maximum atomic E-state index is 10.5. The highest BCUT2D eigenvalue weighted by atomic mass is 35.5. The summed E-state index contributed by atoms with van der Waals surface area (Å²) < 4.78 is 15.0. The highest BCUT2D eigenvalue weighted by molar-refractivity contribution is 6.32. The molecule has 4 aromatic rings. The quantitative estimate of drug-likeness (QED) is 0.299. The van der Waals surface area contributed by atoms with E-state index in [2.05, 4.69) is 40.8 Å². The average Bonchev–Trinajstić information content (AvgIpc) is 3.64. The first-order valence-electron chi connectivity index (χ1n) is 13.9. The van der Waals surface area contributed by atoms with Gasteiger partial charge in [-0.15, -0.1) is 10.2 Å². The molecule has 0 amide bonds. The number of halogens is 1. The van der Waals surface area contributed by atoms with E-state index in [-0.39, 0.29) is 18.0 Å². The van der Waals surface area contributed by atoms with Gasteiger partial charge in [0.05, 0.1) is 37.0 Å². The molecular weight excluding hydrogens is 548 g/mol. The fraction of sp³-hybridized carbons (Fsp3) is 0.481. The first-order valence-corrected chi connectivity index (χ1v) is 14.3. The van der Waals surface area contributed by atoms with Gasteiger partial charge < -0.3 is 19.9 Å². The van der Waals surface area contributed by atoms with E-state index in [0.29, 0.717) is 35.0 Å². The Labute approximate surface area is 242 Å². The molecule has 13 nitrogen and oxygen atoms in total. The molecule has 1 saturated heterocycles. The zero-order valence-electron chi connectivity index (χ0n) is 22.8. The van der Waals surface area contributed by atoms with E-state index in [1.54, 1.807) is 23.1 Å². The van der Waals surface area contributed by atoms with Crippen molar-refractivity contribution < 1.29 is 14.6 Å². The standard InChI is InChI=1S/C27H33ClN10O3/c1-18(15-37-17-31-34-35-37)41-25-12-19(2-7-23(25)28)20-13-29-27(30-14-20)32-24-16-38(33-26(24)39)22-5-3-21(4-6-22)36-8-10-40-11-9-36/h2,7,12-14,16-18,21-22H,3-6,8-11,15H2,1H3,(H,33,39)(H,29,30,32)/t18-,21-,22-/m0/s1. The number of hydrogen-bond donors (Lipinski definition) is 2. The molecule has 1 aliphatic carbocycles. The molecule has 4 heterocycles. The van der Waals surface area contributed by atoms with Crippen LogP contribution in [0.1, 0.15) is 38.6 Å². The largest absolute Gasteiger partial charge is 0.491 e. The fourth-order valence-electron chi connectivity index (χ4n) is 5.50. The van der Waals surface area contributed by atoms with Crippen molar-refractivity contribution in [1.82, 2.24) is 44.9 Å². The van der Waals surface area contributed by atoms with Crippen molar-refractivity contribution in [1.29, 1.82) is 0 Å². The number of nitrogens with one attached hydrogen (secondary N) is 1. The van der Waals surface area contributed by atoms with Gasteiger partial charge in [-0.3, -0.25) is 9.58 Å². The van der Waals surface area contributed by atoms with Crippen molar-refractivity contribution in [3.05, 3.63) is 48.1 Å². The molecule has 0 radical (unpaired) electrons. The first kappa shape index (κ1) is 27.4. The molecule has 3 aromatic heterocycles. The third kappa shape index (κ3) is 6.58. The summed E-state index contributed by atoms with van der Waals surface area (Å²) >= 11 is 6.39. The van der Waals surface area contributed by atoms with Gasteiger partial charge in [0.25, 0.3) is 5.88 Å². The third-order valence-electron chi connectivity index (χ3n) is 7.64. The van der Waals surface area contributed by atoms with Crippen LogP contribution in [-0.2, 0) is 11.3 Å². The lowest BCUT2D eigenvalue weighted by Gasteiger charge is -2.38. The van der Waals surface area contributed by atoms with Crippen LogP contribution in [0, 0.1) is 0 Å². The number of morpholine rings is 1. The number of benzene rings is 1. The summed E-state index contributed by atoms with van der Waals surface area (Å²) in [4.78, 5) is 11.5. The predicted octanol–water partition coefficient (Wildman–Crippen LogP) is 3.71. The minimum absolute atomic E-state index is 0.0664. The number of ether oxygens (including phenoxy) is 2. The number of rotatable bonds is 9. The van der Waals surface area contributed by atoms with Crippen LogP contribution in [0.5, 0.6) is 11.6 Å². The lowest BCUT2D eigenvalue weighted by Crippen LogP contribution is -2.45. The lowest BCUT2D eigenvalue weighted by atomic mass is 9.90. The molecule has 1 atom stereocenters. The normalized spacial score (nSPS) is 20.5. The second kappa shape index (κ2) is 12.4. The van der Waals surface area contributed by atoms with Crippen LogP contribution >= 0.6 is 11.6 Å². The second-order valence-electron chi connectivity index (χ2n) is 10.5. The molecule has 41 heavy (non-hydrogen) atoms. The summed E-state index contributed by atoms with van der Waals surface area (Å²) in [5, 5.41) is 29.6. The summed E-state index contributed by atoms with van der Waals surface area (Å²) in [5.74, 6) is 0.839. The van der Waals surface area contributed by atoms with E-state index in [0.717, 1.165) is 63.1 Å². The first-order chi connectivity index (χ1) is 20.0. The number of hydrogen-bond acceptors (Lipinski definition) is 11. The Morgan fingerprint density at radius 3 is 2.59 bits per heavy atom. The molecule has 0 spiro atoms. The Morgan fingerprint density at radius 2 is 1.85 bits per heavy atom. The summed E-state index contributed by atoms with van der Waals surface area (Å²) in [5.41, 5.74) is 2.13. The summed E-state index contributed by atoms with van der Waals surface area (Å²) in [7, 11) is 0. The maximum Gasteiger partial charge on any atom is 0.254 e. The van der Waals surface area contributed by atoms with Crippen molar-refractivity contribution in [2.75, 3.05) is 31.6 Å². The minimum Gasteiger partial charge on any atom is -0.491 e. The molecular formula is C27H33ClN10O3. The number of anilines is 2. The highest BCUT2D eigenvalue weighted by Gasteiger charge is 2.28. The predicted molar refractivity (Wildman–Crippen MR) is 151 cm³/mol. The van der Waals surface area contributed by atoms with Gasteiger partial charge in [-0.25, -0.2) is 14.6 Å². The monoisotopic (exact) mass is 580 g/mol. The van der Waals surface area contributed by atoms with E-state index in [1.165, 1.54) is 6.33 Å². The van der Waals surface area contributed by atoms with Gasteiger partial charge in [0.2, 0.25) is 5.95 Å². The van der Waals surface area contributed by atoms with E-state index >= 15 is 0 Å². The Kier molecular flexibility index (Phi) is 8.26. The van der Waals surface area contributed by atoms with Crippen molar-refractivity contribution in [2.24, 2.45) is 0 Å². The van der Waals surface area contributed by atoms with Gasteiger partial charge in [-0.2, -0.15) is 0 Å². The topological polar surface area (TPSA) is 141 Å². The molecule has 1 saturated carbocycles. The van der Waals surface area contributed by atoms with Crippen molar-refractivity contribution in [2.45, 2.75) is 57.3 Å². The van der Waals surface area contributed by atoms with E-state index < -0.39 is 0 Å². The third-order valence-corrected chi connectivity index (χ3v) is 7.95. The van der Waals surface area contributed by atoms with Crippen LogP contribution in [0.3, 0.4) is 0 Å². The average molecular weight is 581 g/mol. The van der Waals surface area contributed by atoms with Crippen molar-refractivity contribution in [3.63, 3.8) is 0 Å². The molecule has 0 bridgehead atoms. The van der Waals surface area contributed by atoms with Gasteiger partial charge in [0.1, 0.15) is 23.9 Å². The molecule has 2 fully saturated rings. The number of tetrazole rings is 1. The van der Waals surface area contributed by atoms with Crippen LogP contribution in [0.15, 0.2) is 43.1 Å². The molecule has 1 aliphatic heterocycles. The smallest absolute Gasteiger partial charge is 0.254 e. The molecule has 0 unspecified atom stereocenters. The Balaban J connectivity index is 1.07. The van der Waals surface area contributed by atoms with Gasteiger partial charge >= 0.3 is 0 Å². The highest BCUT2D eigenvalue weighted by Crippen LogP contribution is 2.35. The van der Waals surface area contributed by atoms with Gasteiger partial charge in [-0.1, -0.05) is 17.7 Å². The SMILES string of the molecule is C[C@@H](Cn1cnnn1)Oc1cc(-c2cnc(Nc3cn([C@H]4CC[C@H](N5CCOCC5)CC4)nc3O)nc2)ccc1Cl. The van der Waals surface area contributed by atoms with E-state index in [9.17, 15) is 5.11 Å². The van der Waals surface area contributed by atoms with Crippen molar-refractivity contribution >= 4 is 23.2 Å². The van der Waals surface area contributed by atoms with Gasteiger partial charge in [-0.05, 0) is 60.7 Å². The number of aromatic hydroxyl groups is 1. The Morgan fingerprint density at radius 1 is 1.10 bits per heavy atom. The number of nitrogens with zero attached hydrogens (tertiary/aromatic N) is 9. The summed E-state index contributed by atoms with van der Waals surface area (Å²) in [6.07, 6.45) is 10.9. The van der Waals surface area contributed by atoms with E-state index in [1.807, 2.05) is 29.9 Å². The summed E-state index contributed by atoms with van der Waals surface area (Å²) in [6, 6.07) is 6.38. The van der Waals surface area contributed by atoms with Gasteiger partial charge in [0, 0.05) is 37.1 Å². The maximum absolute atomic E-state index is 10.5. The molecule has 216 valence electrons. The van der Waals surface area contributed by atoms with Crippen LogP contribution in [0.25, 0.3) is 11.1 Å². The van der Waals surface area contributed by atoms with Crippen molar-refractivity contribution in [3.8, 4) is 22.8 Å². The Bertz CT molecular complexity index is 1420. The van der Waals surface area contributed by atoms with E-state index in [4.69, 9.17) is 21.1 Å². The molecule has 2 aliphatic rings. The summed E-state index contributed by atoms with van der Waals surface area (Å²) in [6.45, 7) is 6.07. The van der Waals surface area contributed by atoms with Crippen LogP contribution < -0.4 is 10.1 Å². The molecule has 14 heteroatoms. The molecule has 1 aromatic carbocycles. The van der Waals surface area contributed by atoms with Crippen LogP contribution in [-0.4, -0.2) is 88.4 Å². The van der Waals surface area contributed by atoms with Crippen LogP contribution in [0.2, 0.25) is 5.02 Å². The Hall–Kier alpha value is -3.81. The number of aromatic nitrogens is 8. The van der Waals surface area contributed by atoms with Gasteiger partial charge in [0.15, 0.2) is 0 Å². The van der Waals surface area contributed by atoms with Crippen LogP contribution in [0.4, 0.5) is 11.6 Å².